The lowest BCUT2D eigenvalue weighted by Gasteiger charge is -2.21. The molecule has 130 valence electrons. The number of guanidine groups is 1. The van der Waals surface area contributed by atoms with Gasteiger partial charge in [0.25, 0.3) is 0 Å². The minimum absolute atomic E-state index is 0.133. The van der Waals surface area contributed by atoms with Gasteiger partial charge in [0.2, 0.25) is 11.9 Å². The zero-order valence-electron chi connectivity index (χ0n) is 13.5. The van der Waals surface area contributed by atoms with Crippen molar-refractivity contribution in [1.82, 2.24) is 14.9 Å². The molecule has 6 nitrogen and oxygen atoms in total. The van der Waals surface area contributed by atoms with Crippen molar-refractivity contribution in [3.63, 3.8) is 0 Å². The van der Waals surface area contributed by atoms with Crippen LogP contribution in [-0.2, 0) is 16.2 Å². The van der Waals surface area contributed by atoms with Crippen LogP contribution < -0.4 is 0 Å². The van der Waals surface area contributed by atoms with E-state index in [0.29, 0.717) is 34.8 Å². The first kappa shape index (κ1) is 17.7. The summed E-state index contributed by atoms with van der Waals surface area (Å²) in [4.78, 5) is 27.9. The Morgan fingerprint density at radius 2 is 1.96 bits per heavy atom. The molecule has 1 aromatic carbocycles. The van der Waals surface area contributed by atoms with E-state index in [2.05, 4.69) is 9.98 Å². The standard InChI is InChI=1S/C17H16Cl2N4O2/c1-12(24)22-9-10-23(25-11-13-5-2-3-8-20-13)17(22)21-16-14(18)6-4-7-15(16)19/h2-8H,9-11H2,1H3/b21-17-. The zero-order valence-corrected chi connectivity index (χ0v) is 15.0. The minimum Gasteiger partial charge on any atom is -0.279 e. The summed E-state index contributed by atoms with van der Waals surface area (Å²) in [7, 11) is 0. The van der Waals surface area contributed by atoms with Gasteiger partial charge in [-0.15, -0.1) is 0 Å². The van der Waals surface area contributed by atoms with Crippen LogP contribution in [0.4, 0.5) is 5.69 Å². The van der Waals surface area contributed by atoms with Crippen LogP contribution >= 0.6 is 23.2 Å². The number of hydrogen-bond donors (Lipinski definition) is 0. The molecule has 0 spiro atoms. The van der Waals surface area contributed by atoms with Crippen molar-refractivity contribution in [2.24, 2.45) is 4.99 Å². The molecular formula is C17H16Cl2N4O2. The summed E-state index contributed by atoms with van der Waals surface area (Å²) >= 11 is 12.4. The highest BCUT2D eigenvalue weighted by Crippen LogP contribution is 2.33. The van der Waals surface area contributed by atoms with Gasteiger partial charge < -0.3 is 0 Å². The number of para-hydroxylation sites is 1. The Bertz CT molecular complexity index is 778. The molecule has 1 amide bonds. The maximum atomic E-state index is 11.9. The lowest BCUT2D eigenvalue weighted by molar-refractivity contribution is -0.125. The highest BCUT2D eigenvalue weighted by Gasteiger charge is 2.31. The summed E-state index contributed by atoms with van der Waals surface area (Å²) in [5.41, 5.74) is 1.18. The maximum absolute atomic E-state index is 11.9. The predicted molar refractivity (Wildman–Crippen MR) is 96.7 cm³/mol. The van der Waals surface area contributed by atoms with Crippen molar-refractivity contribution in [3.05, 3.63) is 58.3 Å². The van der Waals surface area contributed by atoms with Crippen molar-refractivity contribution in [1.29, 1.82) is 0 Å². The molecule has 2 aromatic rings. The van der Waals surface area contributed by atoms with E-state index in [0.717, 1.165) is 5.69 Å². The van der Waals surface area contributed by atoms with Gasteiger partial charge in [0.15, 0.2) is 0 Å². The van der Waals surface area contributed by atoms with E-state index in [1.807, 2.05) is 18.2 Å². The van der Waals surface area contributed by atoms with Crippen LogP contribution in [0.5, 0.6) is 0 Å². The number of rotatable bonds is 4. The molecule has 1 aromatic heterocycles. The molecule has 2 heterocycles. The number of benzene rings is 1. The Kier molecular flexibility index (Phi) is 5.53. The molecule has 0 radical (unpaired) electrons. The van der Waals surface area contributed by atoms with E-state index in [-0.39, 0.29) is 12.5 Å². The third kappa shape index (κ3) is 4.10. The summed E-state index contributed by atoms with van der Waals surface area (Å²) in [6, 6.07) is 10.7. The Balaban J connectivity index is 1.87. The number of carbonyl (C=O) groups is 1. The van der Waals surface area contributed by atoms with E-state index >= 15 is 0 Å². The molecule has 1 aliphatic heterocycles. The molecule has 0 unspecified atom stereocenters. The number of nitrogens with zero attached hydrogens (tertiary/aromatic N) is 4. The van der Waals surface area contributed by atoms with Crippen LogP contribution in [-0.4, -0.2) is 39.9 Å². The molecular weight excluding hydrogens is 363 g/mol. The van der Waals surface area contributed by atoms with E-state index in [9.17, 15) is 4.79 Å². The molecule has 0 N–H and O–H groups in total. The largest absolute Gasteiger partial charge is 0.279 e. The SMILES string of the molecule is CC(=O)N1CCN(OCc2ccccn2)/C1=N\c1c(Cl)cccc1Cl. The van der Waals surface area contributed by atoms with Crippen molar-refractivity contribution in [2.45, 2.75) is 13.5 Å². The second kappa shape index (κ2) is 7.82. The van der Waals surface area contributed by atoms with Crippen molar-refractivity contribution in [3.8, 4) is 0 Å². The number of aromatic nitrogens is 1. The number of hydrogen-bond acceptors (Lipinski definition) is 4. The number of halogens is 2. The van der Waals surface area contributed by atoms with Crippen LogP contribution in [0.2, 0.25) is 10.0 Å². The number of pyridine rings is 1. The highest BCUT2D eigenvalue weighted by molar-refractivity contribution is 6.38. The normalized spacial score (nSPS) is 15.9. The maximum Gasteiger partial charge on any atom is 0.233 e. The third-order valence-electron chi connectivity index (χ3n) is 3.62. The Morgan fingerprint density at radius 1 is 1.20 bits per heavy atom. The number of carbonyl (C=O) groups excluding carboxylic acids is 1. The highest BCUT2D eigenvalue weighted by atomic mass is 35.5. The Hall–Kier alpha value is -2.15. The second-order valence-electron chi connectivity index (χ2n) is 5.35. The summed E-state index contributed by atoms with van der Waals surface area (Å²) in [6.45, 7) is 2.71. The van der Waals surface area contributed by atoms with Crippen LogP contribution in [0, 0.1) is 0 Å². The van der Waals surface area contributed by atoms with Gasteiger partial charge >= 0.3 is 0 Å². The van der Waals surface area contributed by atoms with Gasteiger partial charge in [0, 0.05) is 19.7 Å². The van der Waals surface area contributed by atoms with Crippen LogP contribution in [0.15, 0.2) is 47.6 Å². The van der Waals surface area contributed by atoms with Crippen molar-refractivity contribution >= 4 is 40.8 Å². The molecule has 25 heavy (non-hydrogen) atoms. The monoisotopic (exact) mass is 378 g/mol. The molecule has 1 fully saturated rings. The Labute approximate surface area is 155 Å². The fraction of sp³-hybridized carbons (Fsp3) is 0.235. The lowest BCUT2D eigenvalue weighted by atomic mass is 10.3. The molecule has 0 atom stereocenters. The van der Waals surface area contributed by atoms with Gasteiger partial charge in [-0.2, -0.15) is 0 Å². The molecule has 0 bridgehead atoms. The Morgan fingerprint density at radius 3 is 2.60 bits per heavy atom. The average molecular weight is 379 g/mol. The van der Waals surface area contributed by atoms with Crippen LogP contribution in [0.25, 0.3) is 0 Å². The van der Waals surface area contributed by atoms with Gasteiger partial charge in [0.1, 0.15) is 12.3 Å². The summed E-state index contributed by atoms with van der Waals surface area (Å²) < 4.78 is 0. The summed E-state index contributed by atoms with van der Waals surface area (Å²) in [5.74, 6) is 0.226. The fourth-order valence-corrected chi connectivity index (χ4v) is 2.87. The van der Waals surface area contributed by atoms with Gasteiger partial charge in [-0.3, -0.25) is 19.5 Å². The fourth-order valence-electron chi connectivity index (χ4n) is 2.39. The van der Waals surface area contributed by atoms with Gasteiger partial charge in [-0.1, -0.05) is 35.3 Å². The lowest BCUT2D eigenvalue weighted by Crippen LogP contribution is -2.36. The van der Waals surface area contributed by atoms with Crippen LogP contribution in [0.1, 0.15) is 12.6 Å². The summed E-state index contributed by atoms with van der Waals surface area (Å²) in [5, 5.41) is 2.37. The first-order valence-electron chi connectivity index (χ1n) is 7.67. The number of aliphatic imine (C=N–C) groups is 1. The average Bonchev–Trinajstić information content (AvgIpc) is 3.00. The van der Waals surface area contributed by atoms with E-state index in [4.69, 9.17) is 28.0 Å². The first-order chi connectivity index (χ1) is 12.1. The van der Waals surface area contributed by atoms with Crippen molar-refractivity contribution < 1.29 is 9.63 Å². The predicted octanol–water partition coefficient (Wildman–Crippen LogP) is 3.67. The van der Waals surface area contributed by atoms with E-state index in [1.54, 1.807) is 29.5 Å². The number of amides is 1. The smallest absolute Gasteiger partial charge is 0.233 e. The quantitative estimate of drug-likeness (QED) is 0.814. The third-order valence-corrected chi connectivity index (χ3v) is 4.23. The molecule has 0 saturated carbocycles. The van der Waals surface area contributed by atoms with E-state index < -0.39 is 0 Å². The summed E-state index contributed by atoms with van der Waals surface area (Å²) in [6.07, 6.45) is 1.70. The minimum atomic E-state index is -0.133. The van der Waals surface area contributed by atoms with Crippen LogP contribution in [0.3, 0.4) is 0 Å². The zero-order chi connectivity index (χ0) is 17.8. The first-order valence-corrected chi connectivity index (χ1v) is 8.43. The van der Waals surface area contributed by atoms with Gasteiger partial charge in [-0.05, 0) is 24.3 Å². The van der Waals surface area contributed by atoms with Gasteiger partial charge in [-0.25, -0.2) is 10.1 Å². The molecule has 1 saturated heterocycles. The molecule has 8 heteroatoms. The topological polar surface area (TPSA) is 58.0 Å². The molecule has 0 aliphatic carbocycles. The second-order valence-corrected chi connectivity index (χ2v) is 6.16. The van der Waals surface area contributed by atoms with Crippen molar-refractivity contribution in [2.75, 3.05) is 13.1 Å². The molecule has 3 rings (SSSR count). The van der Waals surface area contributed by atoms with Gasteiger partial charge in [0.05, 0.1) is 22.3 Å². The van der Waals surface area contributed by atoms with E-state index in [1.165, 1.54) is 11.8 Å². The number of hydroxylamine groups is 2. The molecule has 1 aliphatic rings.